The van der Waals surface area contributed by atoms with E-state index in [4.69, 9.17) is 23.7 Å². The van der Waals surface area contributed by atoms with E-state index < -0.39 is 0 Å². The quantitative estimate of drug-likeness (QED) is 0.246. The molecule has 2 fully saturated rings. The van der Waals surface area contributed by atoms with Gasteiger partial charge in [0.1, 0.15) is 30.5 Å². The van der Waals surface area contributed by atoms with Gasteiger partial charge in [-0.2, -0.15) is 0 Å². The smallest absolute Gasteiger partial charge is 0.227 e. The van der Waals surface area contributed by atoms with Crippen molar-refractivity contribution >= 4 is 11.6 Å². The first-order valence-corrected chi connectivity index (χ1v) is 14.7. The van der Waals surface area contributed by atoms with E-state index in [9.17, 15) is 4.79 Å². The van der Waals surface area contributed by atoms with E-state index >= 15 is 0 Å². The zero-order valence-electron chi connectivity index (χ0n) is 25.1. The molecule has 3 aromatic carbocycles. The summed E-state index contributed by atoms with van der Waals surface area (Å²) in [6, 6.07) is 19.6. The standard InChI is InChI=1S/C34H42N2O6/c1-35(2)14-15-40-30-19-27(20-31(21-30)41-23-24-8-7-11-29(16-24)38-3)36-22-26(18-34(36)37)25-12-13-32(39-4)33(17-25)42-28-9-5-6-10-28/h7-8,11-13,16-17,19-21,26,28H,5-6,9-10,14-15,18,22-23H2,1-4H3. The van der Waals surface area contributed by atoms with Crippen LogP contribution >= 0.6 is 0 Å². The Morgan fingerprint density at radius 3 is 2.38 bits per heavy atom. The first kappa shape index (κ1) is 29.6. The fourth-order valence-electron chi connectivity index (χ4n) is 5.56. The third-order valence-electron chi connectivity index (χ3n) is 7.90. The number of rotatable bonds is 13. The summed E-state index contributed by atoms with van der Waals surface area (Å²) in [4.78, 5) is 17.3. The van der Waals surface area contributed by atoms with Crippen molar-refractivity contribution in [2.24, 2.45) is 0 Å². The predicted molar refractivity (Wildman–Crippen MR) is 163 cm³/mol. The second-order valence-electron chi connectivity index (χ2n) is 11.3. The van der Waals surface area contributed by atoms with Gasteiger partial charge in [0.25, 0.3) is 0 Å². The predicted octanol–water partition coefficient (Wildman–Crippen LogP) is 6.07. The summed E-state index contributed by atoms with van der Waals surface area (Å²) in [6.07, 6.45) is 5.17. The van der Waals surface area contributed by atoms with Gasteiger partial charge in [-0.15, -0.1) is 0 Å². The van der Waals surface area contributed by atoms with Gasteiger partial charge in [-0.3, -0.25) is 4.79 Å². The number of carbonyl (C=O) groups is 1. The van der Waals surface area contributed by atoms with Gasteiger partial charge >= 0.3 is 0 Å². The van der Waals surface area contributed by atoms with E-state index in [-0.39, 0.29) is 17.9 Å². The molecular formula is C34H42N2O6. The van der Waals surface area contributed by atoms with Gasteiger partial charge < -0.3 is 33.5 Å². The lowest BCUT2D eigenvalue weighted by Crippen LogP contribution is -2.24. The van der Waals surface area contributed by atoms with Crippen molar-refractivity contribution in [3.8, 4) is 28.7 Å². The molecule has 1 aliphatic carbocycles. The Kier molecular flexibility index (Phi) is 9.74. The van der Waals surface area contributed by atoms with Crippen LogP contribution < -0.4 is 28.6 Å². The molecule has 8 heteroatoms. The lowest BCUT2D eigenvalue weighted by molar-refractivity contribution is -0.117. The lowest BCUT2D eigenvalue weighted by Gasteiger charge is -2.21. The molecule has 0 spiro atoms. The van der Waals surface area contributed by atoms with E-state index in [0.717, 1.165) is 53.4 Å². The van der Waals surface area contributed by atoms with Crippen molar-refractivity contribution in [1.82, 2.24) is 4.90 Å². The second kappa shape index (κ2) is 13.8. The van der Waals surface area contributed by atoms with Gasteiger partial charge in [0.2, 0.25) is 5.91 Å². The lowest BCUT2D eigenvalue weighted by atomic mass is 9.98. The summed E-state index contributed by atoms with van der Waals surface area (Å²) in [5, 5.41) is 0. The third kappa shape index (κ3) is 7.48. The average molecular weight is 575 g/mol. The molecule has 0 aromatic heterocycles. The van der Waals surface area contributed by atoms with E-state index in [1.54, 1.807) is 14.2 Å². The van der Waals surface area contributed by atoms with Gasteiger partial charge in [-0.05, 0) is 75.2 Å². The topological polar surface area (TPSA) is 69.7 Å². The number of likely N-dealkylation sites (N-methyl/N-ethyl adjacent to an activating group) is 1. The van der Waals surface area contributed by atoms with Crippen molar-refractivity contribution < 1.29 is 28.5 Å². The summed E-state index contributed by atoms with van der Waals surface area (Å²) in [7, 11) is 7.33. The number of hydrogen-bond donors (Lipinski definition) is 0. The van der Waals surface area contributed by atoms with Crippen LogP contribution in [0.4, 0.5) is 5.69 Å². The molecule has 1 saturated heterocycles. The zero-order chi connectivity index (χ0) is 29.5. The van der Waals surface area contributed by atoms with Crippen LogP contribution in [0.5, 0.6) is 28.7 Å². The minimum Gasteiger partial charge on any atom is -0.497 e. The van der Waals surface area contributed by atoms with Crippen LogP contribution in [0.2, 0.25) is 0 Å². The Morgan fingerprint density at radius 1 is 0.857 bits per heavy atom. The van der Waals surface area contributed by atoms with Crippen molar-refractivity contribution in [3.63, 3.8) is 0 Å². The normalized spacial score (nSPS) is 17.1. The van der Waals surface area contributed by atoms with Crippen LogP contribution in [-0.4, -0.2) is 64.9 Å². The molecule has 1 aliphatic heterocycles. The average Bonchev–Trinajstić information content (AvgIpc) is 3.65. The van der Waals surface area contributed by atoms with E-state index in [1.165, 1.54) is 12.8 Å². The minimum absolute atomic E-state index is 0.0359. The van der Waals surface area contributed by atoms with Crippen LogP contribution in [0.15, 0.2) is 60.7 Å². The number of hydrogen-bond acceptors (Lipinski definition) is 7. The van der Waals surface area contributed by atoms with Crippen molar-refractivity contribution in [1.29, 1.82) is 0 Å². The summed E-state index contributed by atoms with van der Waals surface area (Å²) in [5.74, 6) is 3.68. The highest BCUT2D eigenvalue weighted by atomic mass is 16.5. The van der Waals surface area contributed by atoms with Crippen LogP contribution in [0.1, 0.15) is 49.1 Å². The van der Waals surface area contributed by atoms with Gasteiger partial charge in [-0.25, -0.2) is 0 Å². The first-order chi connectivity index (χ1) is 20.4. The van der Waals surface area contributed by atoms with E-state index in [2.05, 4.69) is 11.0 Å². The molecule has 224 valence electrons. The van der Waals surface area contributed by atoms with Crippen LogP contribution in [0.25, 0.3) is 0 Å². The van der Waals surface area contributed by atoms with E-state index in [1.807, 2.05) is 73.6 Å². The SMILES string of the molecule is COc1cccc(COc2cc(OCCN(C)C)cc(N3CC(c4ccc(OC)c(OC5CCCC5)c4)CC3=O)c2)c1. The third-order valence-corrected chi connectivity index (χ3v) is 7.90. The number of methoxy groups -OCH3 is 2. The highest BCUT2D eigenvalue weighted by Crippen LogP contribution is 2.39. The van der Waals surface area contributed by atoms with Crippen LogP contribution in [0, 0.1) is 0 Å². The number of benzene rings is 3. The molecule has 2 aliphatic rings. The van der Waals surface area contributed by atoms with Crippen molar-refractivity contribution in [2.45, 2.75) is 50.7 Å². The maximum Gasteiger partial charge on any atom is 0.227 e. The minimum atomic E-state index is 0.0359. The Bertz CT molecular complexity index is 1350. The number of nitrogens with zero attached hydrogens (tertiary/aromatic N) is 2. The van der Waals surface area contributed by atoms with Gasteiger partial charge in [-0.1, -0.05) is 18.2 Å². The number of anilines is 1. The monoisotopic (exact) mass is 574 g/mol. The molecule has 1 unspecified atom stereocenters. The number of amides is 1. The van der Waals surface area contributed by atoms with Gasteiger partial charge in [0.05, 0.1) is 26.0 Å². The largest absolute Gasteiger partial charge is 0.497 e. The molecule has 0 bridgehead atoms. The van der Waals surface area contributed by atoms with Crippen molar-refractivity contribution in [3.05, 3.63) is 71.8 Å². The molecule has 3 aromatic rings. The molecule has 1 heterocycles. The highest BCUT2D eigenvalue weighted by Gasteiger charge is 2.33. The van der Waals surface area contributed by atoms with Gasteiger partial charge in [0, 0.05) is 43.6 Å². The maximum atomic E-state index is 13.4. The van der Waals surface area contributed by atoms with E-state index in [0.29, 0.717) is 37.7 Å². The van der Waals surface area contributed by atoms with Crippen molar-refractivity contribution in [2.75, 3.05) is 52.9 Å². The van der Waals surface area contributed by atoms with Crippen LogP contribution in [-0.2, 0) is 11.4 Å². The molecule has 42 heavy (non-hydrogen) atoms. The number of carbonyl (C=O) groups excluding carboxylic acids is 1. The maximum absolute atomic E-state index is 13.4. The molecule has 8 nitrogen and oxygen atoms in total. The molecule has 0 radical (unpaired) electrons. The molecule has 0 N–H and O–H groups in total. The Balaban J connectivity index is 1.35. The first-order valence-electron chi connectivity index (χ1n) is 14.7. The summed E-state index contributed by atoms with van der Waals surface area (Å²) in [6.45, 7) is 2.23. The molecule has 1 saturated carbocycles. The Hall–Kier alpha value is -3.91. The highest BCUT2D eigenvalue weighted by molar-refractivity contribution is 5.97. The zero-order valence-corrected chi connectivity index (χ0v) is 25.1. The summed E-state index contributed by atoms with van der Waals surface area (Å²) < 4.78 is 29.6. The second-order valence-corrected chi connectivity index (χ2v) is 11.3. The van der Waals surface area contributed by atoms with Gasteiger partial charge in [0.15, 0.2) is 11.5 Å². The molecular weight excluding hydrogens is 532 g/mol. The molecule has 1 amide bonds. The Morgan fingerprint density at radius 2 is 1.64 bits per heavy atom. The molecule has 1 atom stereocenters. The van der Waals surface area contributed by atoms with Crippen LogP contribution in [0.3, 0.4) is 0 Å². The summed E-state index contributed by atoms with van der Waals surface area (Å²) >= 11 is 0. The fraction of sp³-hybridized carbons (Fsp3) is 0.441. The summed E-state index contributed by atoms with van der Waals surface area (Å²) in [5.41, 5.74) is 2.83. The Labute approximate surface area is 249 Å². The molecule has 5 rings (SSSR count). The fourth-order valence-corrected chi connectivity index (χ4v) is 5.56. The number of ether oxygens (including phenoxy) is 5.